The molecule has 0 amide bonds. The number of methoxy groups -OCH3 is 2. The van der Waals surface area contributed by atoms with Crippen molar-refractivity contribution in [2.75, 3.05) is 14.2 Å². The van der Waals surface area contributed by atoms with Crippen LogP contribution in [0.4, 0.5) is 0 Å². The van der Waals surface area contributed by atoms with Gasteiger partial charge in [0.2, 0.25) is 0 Å². The fourth-order valence-electron chi connectivity index (χ4n) is 1.75. The van der Waals surface area contributed by atoms with Crippen LogP contribution < -0.4 is 15.2 Å². The third-order valence-electron chi connectivity index (χ3n) is 2.77. The van der Waals surface area contributed by atoms with Gasteiger partial charge in [-0.25, -0.2) is 0 Å². The molecular formula is C14H21NO3. The first kappa shape index (κ1) is 14.5. The second kappa shape index (κ2) is 7.01. The van der Waals surface area contributed by atoms with E-state index in [-0.39, 0.29) is 11.8 Å². The predicted octanol–water partition coefficient (Wildman–Crippen LogP) is 2.40. The molecule has 1 aromatic rings. The number of carbonyl (C=O) groups excluding carboxylic acids is 1. The van der Waals surface area contributed by atoms with Crippen molar-refractivity contribution in [2.45, 2.75) is 32.2 Å². The van der Waals surface area contributed by atoms with E-state index in [0.29, 0.717) is 23.5 Å². The molecule has 1 rings (SSSR count). The normalized spacial score (nSPS) is 12.0. The van der Waals surface area contributed by atoms with Gasteiger partial charge in [0, 0.05) is 12.5 Å². The largest absolute Gasteiger partial charge is 0.497 e. The Hall–Kier alpha value is -1.55. The molecule has 0 fully saturated rings. The van der Waals surface area contributed by atoms with Crippen molar-refractivity contribution in [3.05, 3.63) is 23.8 Å². The molecule has 100 valence electrons. The Kier molecular flexibility index (Phi) is 5.65. The summed E-state index contributed by atoms with van der Waals surface area (Å²) in [6, 6.07) is 5.37. The van der Waals surface area contributed by atoms with Crippen molar-refractivity contribution < 1.29 is 14.3 Å². The van der Waals surface area contributed by atoms with Gasteiger partial charge in [-0.3, -0.25) is 4.79 Å². The summed E-state index contributed by atoms with van der Waals surface area (Å²) >= 11 is 0. The monoisotopic (exact) mass is 251 g/mol. The maximum Gasteiger partial charge on any atom is 0.166 e. The Morgan fingerprint density at radius 1 is 1.33 bits per heavy atom. The predicted molar refractivity (Wildman–Crippen MR) is 71.4 cm³/mol. The van der Waals surface area contributed by atoms with E-state index < -0.39 is 0 Å². The third kappa shape index (κ3) is 4.04. The fraction of sp³-hybridized carbons (Fsp3) is 0.500. The molecule has 1 aromatic carbocycles. The van der Waals surface area contributed by atoms with Crippen molar-refractivity contribution in [3.8, 4) is 11.5 Å². The zero-order valence-corrected chi connectivity index (χ0v) is 11.2. The topological polar surface area (TPSA) is 61.5 Å². The van der Waals surface area contributed by atoms with Gasteiger partial charge in [-0.05, 0) is 38.0 Å². The van der Waals surface area contributed by atoms with E-state index in [9.17, 15) is 4.79 Å². The van der Waals surface area contributed by atoms with Crippen LogP contribution in [-0.4, -0.2) is 26.0 Å². The smallest absolute Gasteiger partial charge is 0.166 e. The van der Waals surface area contributed by atoms with Crippen LogP contribution in [0.25, 0.3) is 0 Å². The molecule has 0 spiro atoms. The molecule has 18 heavy (non-hydrogen) atoms. The highest BCUT2D eigenvalue weighted by atomic mass is 16.5. The molecule has 0 saturated carbocycles. The first-order valence-electron chi connectivity index (χ1n) is 6.09. The molecule has 0 bridgehead atoms. The Morgan fingerprint density at radius 2 is 2.06 bits per heavy atom. The van der Waals surface area contributed by atoms with Crippen LogP contribution in [-0.2, 0) is 0 Å². The summed E-state index contributed by atoms with van der Waals surface area (Å²) in [4.78, 5) is 12.1. The second-order valence-corrected chi connectivity index (χ2v) is 4.36. The van der Waals surface area contributed by atoms with Crippen LogP contribution in [0.1, 0.15) is 36.5 Å². The van der Waals surface area contributed by atoms with Gasteiger partial charge in [0.15, 0.2) is 5.78 Å². The van der Waals surface area contributed by atoms with Gasteiger partial charge in [-0.1, -0.05) is 0 Å². The zero-order valence-electron chi connectivity index (χ0n) is 11.2. The summed E-state index contributed by atoms with van der Waals surface area (Å²) in [5, 5.41) is 0. The van der Waals surface area contributed by atoms with Crippen molar-refractivity contribution in [3.63, 3.8) is 0 Å². The molecule has 1 unspecified atom stereocenters. The summed E-state index contributed by atoms with van der Waals surface area (Å²) in [7, 11) is 3.13. The van der Waals surface area contributed by atoms with Gasteiger partial charge in [0.1, 0.15) is 11.5 Å². The summed E-state index contributed by atoms with van der Waals surface area (Å²) in [6.07, 6.45) is 2.11. The first-order valence-corrected chi connectivity index (χ1v) is 6.09. The summed E-state index contributed by atoms with van der Waals surface area (Å²) in [6.45, 7) is 1.94. The Morgan fingerprint density at radius 3 is 2.61 bits per heavy atom. The lowest BCUT2D eigenvalue weighted by Gasteiger charge is -2.10. The minimum Gasteiger partial charge on any atom is -0.497 e. The van der Waals surface area contributed by atoms with Crippen molar-refractivity contribution in [1.29, 1.82) is 0 Å². The van der Waals surface area contributed by atoms with Gasteiger partial charge >= 0.3 is 0 Å². The molecule has 2 N–H and O–H groups in total. The highest BCUT2D eigenvalue weighted by Gasteiger charge is 2.13. The van der Waals surface area contributed by atoms with Gasteiger partial charge in [-0.15, -0.1) is 0 Å². The lowest BCUT2D eigenvalue weighted by atomic mass is 10.0. The molecule has 0 heterocycles. The zero-order chi connectivity index (χ0) is 13.5. The number of Topliss-reactive ketones (excluding diaryl/α,β-unsaturated/α-hetero) is 1. The van der Waals surface area contributed by atoms with Crippen LogP contribution >= 0.6 is 0 Å². The summed E-state index contributed by atoms with van der Waals surface area (Å²) in [5.74, 6) is 1.30. The highest BCUT2D eigenvalue weighted by Crippen LogP contribution is 2.25. The molecule has 1 atom stereocenters. The second-order valence-electron chi connectivity index (χ2n) is 4.36. The minimum absolute atomic E-state index is 0.0615. The van der Waals surface area contributed by atoms with Crippen LogP contribution in [0.5, 0.6) is 11.5 Å². The number of ether oxygens (including phenoxy) is 2. The Balaban J connectivity index is 2.76. The third-order valence-corrected chi connectivity index (χ3v) is 2.77. The SMILES string of the molecule is COc1ccc(OC)c(C(=O)CCCC(C)N)c1. The maximum atomic E-state index is 12.1. The lowest BCUT2D eigenvalue weighted by molar-refractivity contribution is 0.0975. The van der Waals surface area contributed by atoms with E-state index in [1.54, 1.807) is 32.4 Å². The van der Waals surface area contributed by atoms with Crippen molar-refractivity contribution in [1.82, 2.24) is 0 Å². The number of hydrogen-bond acceptors (Lipinski definition) is 4. The molecular weight excluding hydrogens is 230 g/mol. The molecule has 0 aliphatic rings. The van der Waals surface area contributed by atoms with Gasteiger partial charge < -0.3 is 15.2 Å². The van der Waals surface area contributed by atoms with Gasteiger partial charge in [0.05, 0.1) is 19.8 Å². The number of ketones is 1. The van der Waals surface area contributed by atoms with Crippen LogP contribution in [0.15, 0.2) is 18.2 Å². The Bertz CT molecular complexity index is 402. The minimum atomic E-state index is 0.0615. The van der Waals surface area contributed by atoms with E-state index >= 15 is 0 Å². The van der Waals surface area contributed by atoms with E-state index in [4.69, 9.17) is 15.2 Å². The number of rotatable bonds is 7. The molecule has 4 nitrogen and oxygen atoms in total. The van der Waals surface area contributed by atoms with Crippen molar-refractivity contribution in [2.24, 2.45) is 5.73 Å². The first-order chi connectivity index (χ1) is 8.58. The fourth-order valence-corrected chi connectivity index (χ4v) is 1.75. The van der Waals surface area contributed by atoms with Crippen LogP contribution in [0, 0.1) is 0 Å². The molecule has 0 aliphatic carbocycles. The van der Waals surface area contributed by atoms with E-state index in [0.717, 1.165) is 12.8 Å². The average molecular weight is 251 g/mol. The van der Waals surface area contributed by atoms with E-state index in [2.05, 4.69) is 0 Å². The van der Waals surface area contributed by atoms with E-state index in [1.807, 2.05) is 6.92 Å². The molecule has 0 aromatic heterocycles. The van der Waals surface area contributed by atoms with Gasteiger partial charge in [0.25, 0.3) is 0 Å². The Labute approximate surface area is 108 Å². The number of benzene rings is 1. The van der Waals surface area contributed by atoms with Crippen molar-refractivity contribution >= 4 is 5.78 Å². The maximum absolute atomic E-state index is 12.1. The van der Waals surface area contributed by atoms with Crippen LogP contribution in [0.3, 0.4) is 0 Å². The lowest BCUT2D eigenvalue weighted by Crippen LogP contribution is -2.15. The number of nitrogens with two attached hydrogens (primary N) is 1. The number of hydrogen-bond donors (Lipinski definition) is 1. The van der Waals surface area contributed by atoms with Gasteiger partial charge in [-0.2, -0.15) is 0 Å². The molecule has 0 radical (unpaired) electrons. The molecule has 4 heteroatoms. The van der Waals surface area contributed by atoms with E-state index in [1.165, 1.54) is 0 Å². The molecule has 0 aliphatic heterocycles. The summed E-state index contributed by atoms with van der Waals surface area (Å²) in [5.41, 5.74) is 6.23. The number of carbonyl (C=O) groups is 1. The molecule has 0 saturated heterocycles. The average Bonchev–Trinajstić information content (AvgIpc) is 2.37. The summed E-state index contributed by atoms with van der Waals surface area (Å²) < 4.78 is 10.3. The van der Waals surface area contributed by atoms with Crippen LogP contribution in [0.2, 0.25) is 0 Å². The standard InChI is InChI=1S/C14H21NO3/c1-10(15)5-4-6-13(16)12-9-11(17-2)7-8-14(12)18-3/h7-10H,4-6,15H2,1-3H3. The highest BCUT2D eigenvalue weighted by molar-refractivity contribution is 5.99. The quantitative estimate of drug-likeness (QED) is 0.756.